The SMILES string of the molecule is CSCc1cc(C(=O)N2CCCC(C(C)N)C2)ccc1F. The van der Waals surface area contributed by atoms with Gasteiger partial charge in [0.25, 0.3) is 5.91 Å². The smallest absolute Gasteiger partial charge is 0.253 e. The zero-order chi connectivity index (χ0) is 15.4. The van der Waals surface area contributed by atoms with Gasteiger partial charge in [0.1, 0.15) is 5.82 Å². The molecule has 21 heavy (non-hydrogen) atoms. The van der Waals surface area contributed by atoms with Crippen molar-refractivity contribution in [3.05, 3.63) is 35.1 Å². The maximum absolute atomic E-state index is 13.7. The normalized spacial score (nSPS) is 20.4. The monoisotopic (exact) mass is 310 g/mol. The highest BCUT2D eigenvalue weighted by atomic mass is 32.2. The molecule has 1 aliphatic rings. The van der Waals surface area contributed by atoms with Crippen molar-refractivity contribution in [1.82, 2.24) is 4.90 Å². The molecule has 0 aliphatic carbocycles. The first-order valence-electron chi connectivity index (χ1n) is 7.35. The molecule has 0 bridgehead atoms. The van der Waals surface area contributed by atoms with Gasteiger partial charge in [-0.05, 0) is 55.7 Å². The highest BCUT2D eigenvalue weighted by Gasteiger charge is 2.26. The molecule has 2 unspecified atom stereocenters. The average molecular weight is 310 g/mol. The standard InChI is InChI=1S/C16H23FN2OS/c1-11(18)13-4-3-7-19(9-13)16(20)12-5-6-15(17)14(8-12)10-21-2/h5-6,8,11,13H,3-4,7,9-10,18H2,1-2H3. The van der Waals surface area contributed by atoms with Crippen LogP contribution in [-0.4, -0.2) is 36.2 Å². The molecular formula is C16H23FN2OS. The fourth-order valence-electron chi connectivity index (χ4n) is 2.78. The summed E-state index contributed by atoms with van der Waals surface area (Å²) in [6, 6.07) is 4.76. The van der Waals surface area contributed by atoms with E-state index in [4.69, 9.17) is 5.73 Å². The molecule has 0 spiro atoms. The number of hydrogen-bond acceptors (Lipinski definition) is 3. The van der Waals surface area contributed by atoms with Crippen LogP contribution < -0.4 is 5.73 Å². The van der Waals surface area contributed by atoms with E-state index >= 15 is 0 Å². The Morgan fingerprint density at radius 2 is 2.33 bits per heavy atom. The molecule has 1 saturated heterocycles. The maximum atomic E-state index is 13.7. The van der Waals surface area contributed by atoms with Crippen LogP contribution in [0.4, 0.5) is 4.39 Å². The fourth-order valence-corrected chi connectivity index (χ4v) is 3.31. The molecule has 1 aliphatic heterocycles. The van der Waals surface area contributed by atoms with Crippen molar-refractivity contribution in [3.8, 4) is 0 Å². The van der Waals surface area contributed by atoms with Gasteiger partial charge < -0.3 is 10.6 Å². The molecule has 3 nitrogen and oxygen atoms in total. The van der Waals surface area contributed by atoms with Gasteiger partial charge in [0.2, 0.25) is 0 Å². The molecule has 2 atom stereocenters. The third-order valence-electron chi connectivity index (χ3n) is 4.08. The predicted molar refractivity (Wildman–Crippen MR) is 85.9 cm³/mol. The lowest BCUT2D eigenvalue weighted by Crippen LogP contribution is -2.45. The Morgan fingerprint density at radius 1 is 1.57 bits per heavy atom. The summed E-state index contributed by atoms with van der Waals surface area (Å²) in [7, 11) is 0. The summed E-state index contributed by atoms with van der Waals surface area (Å²) in [5.74, 6) is 0.680. The Bertz CT molecular complexity index is 507. The van der Waals surface area contributed by atoms with Gasteiger partial charge in [-0.1, -0.05) is 0 Å². The van der Waals surface area contributed by atoms with Crippen molar-refractivity contribution in [2.75, 3.05) is 19.3 Å². The van der Waals surface area contributed by atoms with Gasteiger partial charge in [0.05, 0.1) is 0 Å². The Kier molecular flexibility index (Phi) is 5.65. The summed E-state index contributed by atoms with van der Waals surface area (Å²) >= 11 is 1.55. The second-order valence-corrected chi connectivity index (χ2v) is 6.62. The van der Waals surface area contributed by atoms with Crippen LogP contribution in [0.25, 0.3) is 0 Å². The lowest BCUT2D eigenvalue weighted by atomic mass is 9.92. The number of rotatable bonds is 4. The Balaban J connectivity index is 2.14. The van der Waals surface area contributed by atoms with E-state index < -0.39 is 0 Å². The third kappa shape index (κ3) is 3.98. The zero-order valence-electron chi connectivity index (χ0n) is 12.6. The number of carbonyl (C=O) groups is 1. The van der Waals surface area contributed by atoms with Crippen LogP contribution in [0.15, 0.2) is 18.2 Å². The van der Waals surface area contributed by atoms with E-state index in [1.165, 1.54) is 6.07 Å². The molecule has 2 rings (SSSR count). The number of benzene rings is 1. The first kappa shape index (κ1) is 16.3. The quantitative estimate of drug-likeness (QED) is 0.930. The molecule has 1 heterocycles. The molecule has 1 amide bonds. The van der Waals surface area contributed by atoms with Crippen LogP contribution in [0.2, 0.25) is 0 Å². The first-order chi connectivity index (χ1) is 10.0. The molecule has 0 aromatic heterocycles. The van der Waals surface area contributed by atoms with Gasteiger partial charge in [-0.3, -0.25) is 4.79 Å². The van der Waals surface area contributed by atoms with Gasteiger partial charge in [0.15, 0.2) is 0 Å². The largest absolute Gasteiger partial charge is 0.338 e. The minimum absolute atomic E-state index is 0.0114. The fraction of sp³-hybridized carbons (Fsp3) is 0.562. The van der Waals surface area contributed by atoms with Crippen LogP contribution >= 0.6 is 11.8 Å². The third-order valence-corrected chi connectivity index (χ3v) is 4.68. The summed E-state index contributed by atoms with van der Waals surface area (Å²) in [4.78, 5) is 14.4. The molecule has 1 aromatic rings. The van der Waals surface area contributed by atoms with E-state index in [-0.39, 0.29) is 17.8 Å². The van der Waals surface area contributed by atoms with Crippen LogP contribution in [0.5, 0.6) is 0 Å². The van der Waals surface area contributed by atoms with Crippen molar-refractivity contribution in [2.24, 2.45) is 11.7 Å². The van der Waals surface area contributed by atoms with Gasteiger partial charge in [0, 0.05) is 30.4 Å². The summed E-state index contributed by atoms with van der Waals surface area (Å²) in [5.41, 5.74) is 7.13. The highest BCUT2D eigenvalue weighted by molar-refractivity contribution is 7.97. The zero-order valence-corrected chi connectivity index (χ0v) is 13.5. The number of carbonyl (C=O) groups excluding carboxylic acids is 1. The van der Waals surface area contributed by atoms with Gasteiger partial charge in [-0.15, -0.1) is 0 Å². The Hall–Kier alpha value is -1.07. The average Bonchev–Trinajstić information content (AvgIpc) is 2.49. The highest BCUT2D eigenvalue weighted by Crippen LogP contribution is 2.22. The summed E-state index contributed by atoms with van der Waals surface area (Å²) in [6.07, 6.45) is 3.98. The Labute approximate surface area is 130 Å². The number of halogens is 1. The first-order valence-corrected chi connectivity index (χ1v) is 8.74. The molecule has 1 aromatic carbocycles. The molecule has 5 heteroatoms. The molecule has 0 saturated carbocycles. The van der Waals surface area contributed by atoms with Crippen molar-refractivity contribution < 1.29 is 9.18 Å². The Morgan fingerprint density at radius 3 is 3.00 bits per heavy atom. The summed E-state index contributed by atoms with van der Waals surface area (Å²) in [5, 5.41) is 0. The summed E-state index contributed by atoms with van der Waals surface area (Å²) < 4.78 is 13.7. The number of nitrogens with two attached hydrogens (primary N) is 1. The molecule has 116 valence electrons. The van der Waals surface area contributed by atoms with Crippen molar-refractivity contribution in [3.63, 3.8) is 0 Å². The van der Waals surface area contributed by atoms with Crippen molar-refractivity contribution in [1.29, 1.82) is 0 Å². The lowest BCUT2D eigenvalue weighted by molar-refractivity contribution is 0.0661. The molecular weight excluding hydrogens is 287 g/mol. The van der Waals surface area contributed by atoms with E-state index in [9.17, 15) is 9.18 Å². The summed E-state index contributed by atoms with van der Waals surface area (Å²) in [6.45, 7) is 3.45. The van der Waals surface area contributed by atoms with Crippen LogP contribution in [0.1, 0.15) is 35.7 Å². The van der Waals surface area contributed by atoms with Crippen LogP contribution in [-0.2, 0) is 5.75 Å². The second kappa shape index (κ2) is 7.27. The topological polar surface area (TPSA) is 46.3 Å². The number of amides is 1. The lowest BCUT2D eigenvalue weighted by Gasteiger charge is -2.34. The van der Waals surface area contributed by atoms with Crippen LogP contribution in [0, 0.1) is 11.7 Å². The van der Waals surface area contributed by atoms with Gasteiger partial charge in [-0.25, -0.2) is 4.39 Å². The number of hydrogen-bond donors (Lipinski definition) is 1. The number of piperidine rings is 1. The van der Waals surface area contributed by atoms with Crippen LogP contribution in [0.3, 0.4) is 0 Å². The van der Waals surface area contributed by atoms with Crippen molar-refractivity contribution in [2.45, 2.75) is 31.6 Å². The number of thioether (sulfide) groups is 1. The van der Waals surface area contributed by atoms with Gasteiger partial charge >= 0.3 is 0 Å². The second-order valence-electron chi connectivity index (χ2n) is 5.75. The van der Waals surface area contributed by atoms with E-state index in [0.29, 0.717) is 29.3 Å². The molecule has 1 fully saturated rings. The van der Waals surface area contributed by atoms with E-state index in [1.54, 1.807) is 23.9 Å². The van der Waals surface area contributed by atoms with E-state index in [2.05, 4.69) is 0 Å². The number of nitrogens with zero attached hydrogens (tertiary/aromatic N) is 1. The van der Waals surface area contributed by atoms with Gasteiger partial charge in [-0.2, -0.15) is 11.8 Å². The van der Waals surface area contributed by atoms with Crippen molar-refractivity contribution >= 4 is 17.7 Å². The molecule has 2 N–H and O–H groups in total. The predicted octanol–water partition coefficient (Wildman–Crippen LogP) is 2.89. The maximum Gasteiger partial charge on any atom is 0.253 e. The minimum atomic E-state index is -0.243. The minimum Gasteiger partial charge on any atom is -0.338 e. The number of likely N-dealkylation sites (tertiary alicyclic amines) is 1. The molecule has 0 radical (unpaired) electrons. The van der Waals surface area contributed by atoms with E-state index in [0.717, 1.165) is 19.4 Å². The van der Waals surface area contributed by atoms with E-state index in [1.807, 2.05) is 18.1 Å².